The number of nitrogens with zero attached hydrogens (tertiary/aromatic N) is 1. The number of nitrogen functional groups attached to an aromatic ring is 1. The van der Waals surface area contributed by atoms with Gasteiger partial charge in [-0.2, -0.15) is 0 Å². The van der Waals surface area contributed by atoms with Crippen molar-refractivity contribution in [2.75, 3.05) is 19.5 Å². The van der Waals surface area contributed by atoms with E-state index in [-0.39, 0.29) is 0 Å². The maximum atomic E-state index is 5.89. The highest BCUT2D eigenvalue weighted by Crippen LogP contribution is 2.32. The average molecular weight is 284 g/mol. The summed E-state index contributed by atoms with van der Waals surface area (Å²) in [4.78, 5) is 4.33. The van der Waals surface area contributed by atoms with E-state index < -0.39 is 0 Å². The highest BCUT2D eigenvalue weighted by molar-refractivity contribution is 5.42. The molecule has 110 valence electrons. The molecule has 1 atom stereocenters. The topological polar surface area (TPSA) is 57.4 Å². The first-order chi connectivity index (χ1) is 10.2. The third kappa shape index (κ3) is 2.94. The lowest BCUT2D eigenvalue weighted by molar-refractivity contribution is 0.220. The molecule has 1 aromatic carbocycles. The Morgan fingerprint density at radius 3 is 2.95 bits per heavy atom. The maximum absolute atomic E-state index is 5.89. The van der Waals surface area contributed by atoms with E-state index in [2.05, 4.69) is 17.1 Å². The number of rotatable bonds is 3. The summed E-state index contributed by atoms with van der Waals surface area (Å²) in [6.45, 7) is 2.73. The predicted molar refractivity (Wildman–Crippen MR) is 82.8 cm³/mol. The Bertz CT molecular complexity index is 655. The number of pyridine rings is 1. The Morgan fingerprint density at radius 2 is 2.19 bits per heavy atom. The zero-order chi connectivity index (χ0) is 14.8. The molecule has 0 radical (unpaired) electrons. The van der Waals surface area contributed by atoms with Gasteiger partial charge in [-0.3, -0.25) is 0 Å². The van der Waals surface area contributed by atoms with Crippen molar-refractivity contribution >= 4 is 5.82 Å². The highest BCUT2D eigenvalue weighted by Gasteiger charge is 2.21. The monoisotopic (exact) mass is 284 g/mol. The standard InChI is InChI=1S/C17H20N2O2/c1-11-13(4-6-17(18)19-11)7-12-8-14-3-5-15(20-2)9-16(14)21-10-12/h3-6,9,12H,7-8,10H2,1-2H3,(H2,18,19). The molecule has 1 aromatic heterocycles. The summed E-state index contributed by atoms with van der Waals surface area (Å²) in [6, 6.07) is 9.97. The third-order valence-corrected chi connectivity index (χ3v) is 3.98. The normalized spacial score (nSPS) is 17.0. The van der Waals surface area contributed by atoms with Crippen LogP contribution in [-0.2, 0) is 12.8 Å². The van der Waals surface area contributed by atoms with E-state index in [0.717, 1.165) is 36.6 Å². The lowest BCUT2D eigenvalue weighted by Crippen LogP contribution is -2.23. The predicted octanol–water partition coefficient (Wildman–Crippen LogP) is 2.77. The molecule has 0 spiro atoms. The Kier molecular flexibility index (Phi) is 3.69. The minimum absolute atomic E-state index is 0.468. The highest BCUT2D eigenvalue weighted by atomic mass is 16.5. The number of hydrogen-bond donors (Lipinski definition) is 1. The SMILES string of the molecule is COc1ccc2c(c1)OCC(Cc1ccc(N)nc1C)C2. The zero-order valence-electron chi connectivity index (χ0n) is 12.4. The molecule has 2 N–H and O–H groups in total. The second kappa shape index (κ2) is 5.64. The summed E-state index contributed by atoms with van der Waals surface area (Å²) in [6.07, 6.45) is 1.98. The van der Waals surface area contributed by atoms with Gasteiger partial charge in [0.15, 0.2) is 0 Å². The van der Waals surface area contributed by atoms with Gasteiger partial charge in [0.25, 0.3) is 0 Å². The molecule has 3 rings (SSSR count). The zero-order valence-corrected chi connectivity index (χ0v) is 12.4. The summed E-state index contributed by atoms with van der Waals surface area (Å²) in [5.41, 5.74) is 9.20. The van der Waals surface area contributed by atoms with Crippen LogP contribution in [0.15, 0.2) is 30.3 Å². The number of methoxy groups -OCH3 is 1. The number of benzene rings is 1. The molecule has 0 saturated heterocycles. The second-order valence-electron chi connectivity index (χ2n) is 5.54. The lowest BCUT2D eigenvalue weighted by Gasteiger charge is -2.26. The molecular weight excluding hydrogens is 264 g/mol. The lowest BCUT2D eigenvalue weighted by atomic mass is 9.90. The molecule has 0 amide bonds. The van der Waals surface area contributed by atoms with Crippen LogP contribution in [0, 0.1) is 12.8 Å². The fraction of sp³-hybridized carbons (Fsp3) is 0.353. The maximum Gasteiger partial charge on any atom is 0.126 e. The number of aromatic nitrogens is 1. The molecule has 0 fully saturated rings. The van der Waals surface area contributed by atoms with Gasteiger partial charge in [-0.25, -0.2) is 4.98 Å². The van der Waals surface area contributed by atoms with Gasteiger partial charge in [0, 0.05) is 17.7 Å². The molecular formula is C17H20N2O2. The Hall–Kier alpha value is -2.23. The van der Waals surface area contributed by atoms with E-state index in [1.165, 1.54) is 11.1 Å². The molecule has 0 saturated carbocycles. The van der Waals surface area contributed by atoms with Crippen LogP contribution < -0.4 is 15.2 Å². The van der Waals surface area contributed by atoms with Gasteiger partial charge < -0.3 is 15.2 Å². The molecule has 21 heavy (non-hydrogen) atoms. The van der Waals surface area contributed by atoms with E-state index >= 15 is 0 Å². The van der Waals surface area contributed by atoms with E-state index in [4.69, 9.17) is 15.2 Å². The van der Waals surface area contributed by atoms with Crippen LogP contribution in [0.4, 0.5) is 5.82 Å². The summed E-state index contributed by atoms with van der Waals surface area (Å²) < 4.78 is 11.1. The van der Waals surface area contributed by atoms with E-state index in [0.29, 0.717) is 11.7 Å². The average Bonchev–Trinajstić information content (AvgIpc) is 2.49. The van der Waals surface area contributed by atoms with Crippen molar-refractivity contribution in [3.63, 3.8) is 0 Å². The third-order valence-electron chi connectivity index (χ3n) is 3.98. The van der Waals surface area contributed by atoms with Crippen molar-refractivity contribution in [3.05, 3.63) is 47.2 Å². The van der Waals surface area contributed by atoms with Crippen molar-refractivity contribution in [1.82, 2.24) is 4.98 Å². The largest absolute Gasteiger partial charge is 0.497 e. The minimum atomic E-state index is 0.468. The van der Waals surface area contributed by atoms with Gasteiger partial charge in [-0.15, -0.1) is 0 Å². The fourth-order valence-corrected chi connectivity index (χ4v) is 2.81. The summed E-state index contributed by atoms with van der Waals surface area (Å²) in [5.74, 6) is 2.83. The Morgan fingerprint density at radius 1 is 1.33 bits per heavy atom. The molecule has 0 aliphatic carbocycles. The molecule has 1 aliphatic heterocycles. The molecule has 4 nitrogen and oxygen atoms in total. The van der Waals surface area contributed by atoms with E-state index in [1.54, 1.807) is 7.11 Å². The van der Waals surface area contributed by atoms with Crippen LogP contribution in [0.3, 0.4) is 0 Å². The van der Waals surface area contributed by atoms with Gasteiger partial charge in [-0.1, -0.05) is 12.1 Å². The Balaban J connectivity index is 1.74. The number of anilines is 1. The summed E-state index contributed by atoms with van der Waals surface area (Å²) in [5, 5.41) is 0. The van der Waals surface area contributed by atoms with Crippen molar-refractivity contribution in [3.8, 4) is 11.5 Å². The van der Waals surface area contributed by atoms with Crippen molar-refractivity contribution < 1.29 is 9.47 Å². The first kappa shape index (κ1) is 13.7. The molecule has 4 heteroatoms. The van der Waals surface area contributed by atoms with Crippen LogP contribution in [-0.4, -0.2) is 18.7 Å². The smallest absolute Gasteiger partial charge is 0.126 e. The molecule has 1 unspecified atom stereocenters. The van der Waals surface area contributed by atoms with E-state index in [9.17, 15) is 0 Å². The summed E-state index contributed by atoms with van der Waals surface area (Å²) >= 11 is 0. The second-order valence-corrected chi connectivity index (χ2v) is 5.54. The number of hydrogen-bond acceptors (Lipinski definition) is 4. The first-order valence-electron chi connectivity index (χ1n) is 7.17. The number of aryl methyl sites for hydroxylation is 1. The van der Waals surface area contributed by atoms with Gasteiger partial charge in [0.2, 0.25) is 0 Å². The van der Waals surface area contributed by atoms with Gasteiger partial charge >= 0.3 is 0 Å². The van der Waals surface area contributed by atoms with Crippen LogP contribution in [0.1, 0.15) is 16.8 Å². The number of ether oxygens (including phenoxy) is 2. The molecule has 2 aromatic rings. The fourth-order valence-electron chi connectivity index (χ4n) is 2.81. The van der Waals surface area contributed by atoms with Crippen molar-refractivity contribution in [2.24, 2.45) is 5.92 Å². The van der Waals surface area contributed by atoms with Crippen molar-refractivity contribution in [1.29, 1.82) is 0 Å². The van der Waals surface area contributed by atoms with Crippen LogP contribution in [0.2, 0.25) is 0 Å². The van der Waals surface area contributed by atoms with Gasteiger partial charge in [0.05, 0.1) is 13.7 Å². The first-order valence-corrected chi connectivity index (χ1v) is 7.17. The number of nitrogens with two attached hydrogens (primary N) is 1. The van der Waals surface area contributed by atoms with Gasteiger partial charge in [-0.05, 0) is 43.0 Å². The van der Waals surface area contributed by atoms with Crippen LogP contribution in [0.25, 0.3) is 0 Å². The summed E-state index contributed by atoms with van der Waals surface area (Å²) in [7, 11) is 1.67. The molecule has 2 heterocycles. The van der Waals surface area contributed by atoms with E-state index in [1.807, 2.05) is 25.1 Å². The molecule has 1 aliphatic rings. The minimum Gasteiger partial charge on any atom is -0.497 e. The van der Waals surface area contributed by atoms with Gasteiger partial charge in [0.1, 0.15) is 17.3 Å². The molecule has 0 bridgehead atoms. The Labute approximate surface area is 124 Å². The van der Waals surface area contributed by atoms with Crippen molar-refractivity contribution in [2.45, 2.75) is 19.8 Å². The quantitative estimate of drug-likeness (QED) is 0.941. The van der Waals surface area contributed by atoms with Crippen LogP contribution >= 0.6 is 0 Å². The number of fused-ring (bicyclic) bond motifs is 1. The van der Waals surface area contributed by atoms with Crippen LogP contribution in [0.5, 0.6) is 11.5 Å².